The first kappa shape index (κ1) is 18.1. The van der Waals surface area contributed by atoms with Crippen molar-refractivity contribution in [1.29, 1.82) is 0 Å². The molecule has 0 bridgehead atoms. The number of fused-ring (bicyclic) bond motifs is 1. The molecule has 4 rings (SSSR count). The SMILES string of the molecule is CC(C)(Oc1ccc2c(c1)CCC2)C(=O)N1CCCC2(CC1)CNC(=O)O2. The second-order valence-electron chi connectivity index (χ2n) is 8.47. The van der Waals surface area contributed by atoms with Gasteiger partial charge in [0.2, 0.25) is 0 Å². The summed E-state index contributed by atoms with van der Waals surface area (Å²) >= 11 is 0. The Hall–Kier alpha value is -2.24. The molecule has 1 atom stereocenters. The second kappa shape index (κ2) is 6.73. The van der Waals surface area contributed by atoms with E-state index in [4.69, 9.17) is 9.47 Å². The first-order chi connectivity index (χ1) is 12.9. The molecule has 2 fully saturated rings. The average Bonchev–Trinajstić information content (AvgIpc) is 3.17. The summed E-state index contributed by atoms with van der Waals surface area (Å²) in [6.07, 6.45) is 5.31. The Morgan fingerprint density at radius 2 is 2.00 bits per heavy atom. The van der Waals surface area contributed by atoms with Crippen LogP contribution in [0, 0.1) is 0 Å². The molecule has 1 aromatic carbocycles. The summed E-state index contributed by atoms with van der Waals surface area (Å²) in [5.41, 5.74) is 1.33. The molecular weight excluding hydrogens is 344 g/mol. The highest BCUT2D eigenvalue weighted by molar-refractivity contribution is 5.85. The summed E-state index contributed by atoms with van der Waals surface area (Å²) in [5.74, 6) is 0.742. The van der Waals surface area contributed by atoms with Crippen LogP contribution in [-0.4, -0.2) is 47.7 Å². The van der Waals surface area contributed by atoms with E-state index in [2.05, 4.69) is 17.4 Å². The number of hydrogen-bond acceptors (Lipinski definition) is 4. The van der Waals surface area contributed by atoms with Gasteiger partial charge in [0.1, 0.15) is 11.4 Å². The van der Waals surface area contributed by atoms with Crippen LogP contribution in [0.25, 0.3) is 0 Å². The largest absolute Gasteiger partial charge is 0.478 e. The third kappa shape index (κ3) is 3.62. The fourth-order valence-corrected chi connectivity index (χ4v) is 4.48. The lowest BCUT2D eigenvalue weighted by molar-refractivity contribution is -0.145. The molecule has 2 amide bonds. The molecule has 0 radical (unpaired) electrons. The van der Waals surface area contributed by atoms with Crippen molar-refractivity contribution in [3.63, 3.8) is 0 Å². The van der Waals surface area contributed by atoms with Crippen LogP contribution in [0.5, 0.6) is 5.75 Å². The Labute approximate surface area is 160 Å². The van der Waals surface area contributed by atoms with Crippen LogP contribution in [0.15, 0.2) is 18.2 Å². The van der Waals surface area contributed by atoms with Gasteiger partial charge in [0.15, 0.2) is 5.60 Å². The van der Waals surface area contributed by atoms with Gasteiger partial charge in [-0.2, -0.15) is 0 Å². The molecule has 2 aliphatic heterocycles. The Morgan fingerprint density at radius 1 is 1.19 bits per heavy atom. The highest BCUT2D eigenvalue weighted by Crippen LogP contribution is 2.32. The van der Waals surface area contributed by atoms with E-state index in [1.165, 1.54) is 17.5 Å². The van der Waals surface area contributed by atoms with Crippen LogP contribution in [0.1, 0.15) is 50.7 Å². The minimum atomic E-state index is -0.936. The van der Waals surface area contributed by atoms with Crippen molar-refractivity contribution in [2.24, 2.45) is 0 Å². The molecule has 1 aliphatic carbocycles. The third-order valence-electron chi connectivity index (χ3n) is 6.01. The molecule has 6 heteroatoms. The molecule has 1 spiro atoms. The van der Waals surface area contributed by atoms with Gasteiger partial charge in [0.25, 0.3) is 5.91 Å². The van der Waals surface area contributed by atoms with Crippen LogP contribution in [0.4, 0.5) is 4.79 Å². The highest BCUT2D eigenvalue weighted by Gasteiger charge is 2.43. The maximum absolute atomic E-state index is 13.2. The first-order valence-electron chi connectivity index (χ1n) is 9.94. The minimum Gasteiger partial charge on any atom is -0.478 e. The maximum atomic E-state index is 13.2. The van der Waals surface area contributed by atoms with Gasteiger partial charge in [-0.1, -0.05) is 6.07 Å². The van der Waals surface area contributed by atoms with Crippen molar-refractivity contribution in [1.82, 2.24) is 10.2 Å². The second-order valence-corrected chi connectivity index (χ2v) is 8.47. The van der Waals surface area contributed by atoms with E-state index in [0.717, 1.165) is 31.4 Å². The molecular formula is C21H28N2O4. The predicted molar refractivity (Wildman–Crippen MR) is 101 cm³/mol. The Kier molecular flexibility index (Phi) is 4.52. The molecule has 2 saturated heterocycles. The first-order valence-corrected chi connectivity index (χ1v) is 9.94. The molecule has 1 aromatic rings. The van der Waals surface area contributed by atoms with Crippen LogP contribution in [0.3, 0.4) is 0 Å². The van der Waals surface area contributed by atoms with Crippen molar-refractivity contribution >= 4 is 12.0 Å². The molecule has 3 aliphatic rings. The molecule has 0 aromatic heterocycles. The fraction of sp³-hybridized carbons (Fsp3) is 0.619. The molecule has 0 saturated carbocycles. The zero-order valence-electron chi connectivity index (χ0n) is 16.2. The number of nitrogens with one attached hydrogen (secondary N) is 1. The summed E-state index contributed by atoms with van der Waals surface area (Å²) in [6, 6.07) is 6.17. The number of carbonyl (C=O) groups excluding carboxylic acids is 2. The van der Waals surface area contributed by atoms with E-state index < -0.39 is 11.2 Å². The fourth-order valence-electron chi connectivity index (χ4n) is 4.48. The monoisotopic (exact) mass is 372 g/mol. The zero-order chi connectivity index (χ0) is 19.1. The van der Waals surface area contributed by atoms with Crippen LogP contribution < -0.4 is 10.1 Å². The van der Waals surface area contributed by atoms with Gasteiger partial charge in [-0.25, -0.2) is 4.79 Å². The number of hydrogen-bond donors (Lipinski definition) is 1. The number of ether oxygens (including phenoxy) is 2. The summed E-state index contributed by atoms with van der Waals surface area (Å²) < 4.78 is 11.6. The van der Waals surface area contributed by atoms with E-state index in [-0.39, 0.29) is 12.0 Å². The van der Waals surface area contributed by atoms with E-state index in [1.54, 1.807) is 0 Å². The van der Waals surface area contributed by atoms with Crippen molar-refractivity contribution < 1.29 is 19.1 Å². The van der Waals surface area contributed by atoms with Gasteiger partial charge in [-0.15, -0.1) is 0 Å². The van der Waals surface area contributed by atoms with Gasteiger partial charge in [-0.05, 0) is 69.2 Å². The maximum Gasteiger partial charge on any atom is 0.407 e. The Balaban J connectivity index is 1.42. The molecule has 6 nitrogen and oxygen atoms in total. The number of likely N-dealkylation sites (tertiary alicyclic amines) is 1. The summed E-state index contributed by atoms with van der Waals surface area (Å²) in [7, 11) is 0. The van der Waals surface area contributed by atoms with Crippen molar-refractivity contribution in [3.8, 4) is 5.75 Å². The average molecular weight is 372 g/mol. The van der Waals surface area contributed by atoms with E-state index in [9.17, 15) is 9.59 Å². The smallest absolute Gasteiger partial charge is 0.407 e. The molecule has 2 heterocycles. The number of alkyl carbamates (subject to hydrolysis) is 1. The zero-order valence-corrected chi connectivity index (χ0v) is 16.2. The standard InChI is InChI=1S/C21H28N2O4/c1-20(2,26-17-8-7-15-5-3-6-16(15)13-17)18(24)23-11-4-9-21(10-12-23)14-22-19(25)27-21/h7-8,13H,3-6,9-12,14H2,1-2H3,(H,22,25). The minimum absolute atomic E-state index is 0.0164. The quantitative estimate of drug-likeness (QED) is 0.886. The normalized spacial score (nSPS) is 25.0. The third-order valence-corrected chi connectivity index (χ3v) is 6.01. The number of benzene rings is 1. The van der Waals surface area contributed by atoms with E-state index in [1.807, 2.05) is 24.8 Å². The van der Waals surface area contributed by atoms with Crippen molar-refractivity contribution in [2.45, 2.75) is 63.6 Å². The molecule has 1 unspecified atom stereocenters. The summed E-state index contributed by atoms with van der Waals surface area (Å²) in [6.45, 7) is 5.43. The van der Waals surface area contributed by atoms with Crippen LogP contribution >= 0.6 is 0 Å². The topological polar surface area (TPSA) is 67.9 Å². The van der Waals surface area contributed by atoms with Gasteiger partial charge < -0.3 is 19.7 Å². The summed E-state index contributed by atoms with van der Waals surface area (Å²) in [4.78, 5) is 26.5. The number of nitrogens with zero attached hydrogens (tertiary/aromatic N) is 1. The Morgan fingerprint density at radius 3 is 2.78 bits per heavy atom. The van der Waals surface area contributed by atoms with Crippen molar-refractivity contribution in [3.05, 3.63) is 29.3 Å². The lowest BCUT2D eigenvalue weighted by Crippen LogP contribution is -2.49. The number of aryl methyl sites for hydroxylation is 2. The number of amides is 2. The number of carbonyl (C=O) groups is 2. The van der Waals surface area contributed by atoms with Gasteiger partial charge in [-0.3, -0.25) is 4.79 Å². The van der Waals surface area contributed by atoms with Crippen LogP contribution in [-0.2, 0) is 22.4 Å². The molecule has 146 valence electrons. The van der Waals surface area contributed by atoms with Crippen LogP contribution in [0.2, 0.25) is 0 Å². The number of rotatable bonds is 3. The van der Waals surface area contributed by atoms with Gasteiger partial charge in [0, 0.05) is 19.5 Å². The lowest BCUT2D eigenvalue weighted by atomic mass is 9.95. The van der Waals surface area contributed by atoms with E-state index in [0.29, 0.717) is 26.1 Å². The Bertz CT molecular complexity index is 761. The summed E-state index contributed by atoms with van der Waals surface area (Å²) in [5, 5.41) is 2.75. The highest BCUT2D eigenvalue weighted by atomic mass is 16.6. The predicted octanol–water partition coefficient (Wildman–Crippen LogP) is 2.82. The van der Waals surface area contributed by atoms with Gasteiger partial charge in [0.05, 0.1) is 6.54 Å². The van der Waals surface area contributed by atoms with Crippen molar-refractivity contribution in [2.75, 3.05) is 19.6 Å². The lowest BCUT2D eigenvalue weighted by Gasteiger charge is -2.32. The molecule has 27 heavy (non-hydrogen) atoms. The molecule has 1 N–H and O–H groups in total. The van der Waals surface area contributed by atoms with Gasteiger partial charge >= 0.3 is 6.09 Å². The van der Waals surface area contributed by atoms with E-state index >= 15 is 0 Å².